The molecule has 1 aliphatic carbocycles. The van der Waals surface area contributed by atoms with E-state index in [1.807, 2.05) is 36.7 Å². The van der Waals surface area contributed by atoms with E-state index in [1.165, 1.54) is 37.2 Å². The number of aromatic nitrogens is 5. The molecule has 0 radical (unpaired) electrons. The van der Waals surface area contributed by atoms with E-state index in [2.05, 4.69) is 49.0 Å². The third-order valence-corrected chi connectivity index (χ3v) is 10.1. The first-order valence-electron chi connectivity index (χ1n) is 14.9. The predicted molar refractivity (Wildman–Crippen MR) is 159 cm³/mol. The van der Waals surface area contributed by atoms with Gasteiger partial charge in [0.15, 0.2) is 5.65 Å². The van der Waals surface area contributed by atoms with Crippen molar-refractivity contribution in [2.75, 3.05) is 49.1 Å². The molecule has 212 valence electrons. The summed E-state index contributed by atoms with van der Waals surface area (Å²) in [6.45, 7) is 11.0. The van der Waals surface area contributed by atoms with Gasteiger partial charge in [0.25, 0.3) is 0 Å². The maximum Gasteiger partial charge on any atom is 0.225 e. The van der Waals surface area contributed by atoms with E-state index in [9.17, 15) is 5.11 Å². The molecule has 41 heavy (non-hydrogen) atoms. The molecule has 3 N–H and O–H groups in total. The molecule has 4 aliphatic rings. The summed E-state index contributed by atoms with van der Waals surface area (Å²) in [6.07, 6.45) is 7.57. The van der Waals surface area contributed by atoms with Crippen molar-refractivity contribution in [3.63, 3.8) is 0 Å². The second kappa shape index (κ2) is 9.39. The number of H-pyrrole nitrogens is 1. The van der Waals surface area contributed by atoms with E-state index in [0.717, 1.165) is 61.3 Å². The minimum Gasteiger partial charge on any atom is -0.507 e. The van der Waals surface area contributed by atoms with Crippen LogP contribution in [0.5, 0.6) is 5.75 Å². The lowest BCUT2D eigenvalue weighted by Gasteiger charge is -2.59. The number of hydrogen-bond acceptors (Lipinski definition) is 9. The Kier molecular flexibility index (Phi) is 5.72. The second-order valence-electron chi connectivity index (χ2n) is 12.6. The first-order valence-corrected chi connectivity index (χ1v) is 14.9. The van der Waals surface area contributed by atoms with Gasteiger partial charge in [-0.05, 0) is 50.3 Å². The van der Waals surface area contributed by atoms with Gasteiger partial charge in [-0.1, -0.05) is 12.1 Å². The predicted octanol–water partition coefficient (Wildman–Crippen LogP) is 3.51. The highest BCUT2D eigenvalue weighted by molar-refractivity contribution is 5.86. The van der Waals surface area contributed by atoms with Crippen LogP contribution in [-0.2, 0) is 6.42 Å². The molecule has 10 heteroatoms. The van der Waals surface area contributed by atoms with Crippen LogP contribution < -0.4 is 15.1 Å². The topological polar surface area (TPSA) is 109 Å². The molecule has 0 amide bonds. The minimum atomic E-state index is 0.0694. The molecule has 4 aromatic rings. The first kappa shape index (κ1) is 25.0. The van der Waals surface area contributed by atoms with Gasteiger partial charge in [-0.25, -0.2) is 9.97 Å². The summed E-state index contributed by atoms with van der Waals surface area (Å²) >= 11 is 0. The zero-order chi connectivity index (χ0) is 27.7. The fourth-order valence-corrected chi connectivity index (χ4v) is 7.73. The Hall–Kier alpha value is -3.76. The summed E-state index contributed by atoms with van der Waals surface area (Å²) in [5.74, 6) is 0.955. The molecule has 3 fully saturated rings. The number of para-hydroxylation sites is 1. The lowest BCUT2D eigenvalue weighted by molar-refractivity contribution is -0.0518. The number of piperazine rings is 1. The van der Waals surface area contributed by atoms with Crippen LogP contribution in [0, 0.1) is 5.41 Å². The number of rotatable bonds is 4. The highest BCUT2D eigenvalue weighted by Crippen LogP contribution is 2.47. The van der Waals surface area contributed by atoms with Crippen LogP contribution >= 0.6 is 0 Å². The smallest absolute Gasteiger partial charge is 0.225 e. The van der Waals surface area contributed by atoms with Gasteiger partial charge in [0.2, 0.25) is 5.95 Å². The van der Waals surface area contributed by atoms with Gasteiger partial charge in [-0.3, -0.25) is 4.90 Å². The quantitative estimate of drug-likeness (QED) is 0.351. The summed E-state index contributed by atoms with van der Waals surface area (Å²) in [4.78, 5) is 20.7. The summed E-state index contributed by atoms with van der Waals surface area (Å²) < 4.78 is 0. The molecule has 10 nitrogen and oxygen atoms in total. The number of benzene rings is 1. The molecule has 1 spiro atoms. The Labute approximate surface area is 239 Å². The molecule has 2 atom stereocenters. The van der Waals surface area contributed by atoms with Crippen LogP contribution in [-0.4, -0.2) is 86.5 Å². The van der Waals surface area contributed by atoms with Gasteiger partial charge >= 0.3 is 0 Å². The highest BCUT2D eigenvalue weighted by Gasteiger charge is 2.51. The molecule has 1 saturated carbocycles. The zero-order valence-corrected chi connectivity index (χ0v) is 23.7. The highest BCUT2D eigenvalue weighted by atomic mass is 16.3. The number of fused-ring (bicyclic) bond motifs is 3. The molecule has 3 aromatic heterocycles. The van der Waals surface area contributed by atoms with Crippen LogP contribution in [0.3, 0.4) is 0 Å². The number of aromatic hydroxyl groups is 1. The fourth-order valence-electron chi connectivity index (χ4n) is 7.73. The first-order chi connectivity index (χ1) is 20.0. The van der Waals surface area contributed by atoms with Gasteiger partial charge in [-0.15, -0.1) is 10.2 Å². The van der Waals surface area contributed by atoms with E-state index in [0.29, 0.717) is 22.7 Å². The second-order valence-corrected chi connectivity index (χ2v) is 12.6. The largest absolute Gasteiger partial charge is 0.507 e. The maximum atomic E-state index is 10.4. The third kappa shape index (κ3) is 4.06. The molecular formula is C31H37N9O. The summed E-state index contributed by atoms with van der Waals surface area (Å²) in [5.41, 5.74) is 6.22. The molecule has 8 rings (SSSR count). The van der Waals surface area contributed by atoms with Crippen molar-refractivity contribution >= 4 is 22.7 Å². The van der Waals surface area contributed by atoms with Crippen LogP contribution in [0.15, 0.2) is 42.7 Å². The van der Waals surface area contributed by atoms with Crippen LogP contribution in [0.2, 0.25) is 0 Å². The van der Waals surface area contributed by atoms with Gasteiger partial charge in [0.05, 0.1) is 29.8 Å². The standard InChI is InChI=1S/C31H37N9O/c1-19-16-38(9-10-39(19)21-12-31(13-21)17-32-18-31)22-14-33-30(34-15-22)40-8-7-25-28(20(40)2)24-11-26(36-37-29(24)35-25)23-5-3-4-6-27(23)41/h3-6,11,14-15,19-21,32,41H,7-10,12-13,16-18H2,1-2H3,(H,35,37)/t19-,20-/m1/s1. The normalized spacial score (nSPS) is 24.3. The van der Waals surface area contributed by atoms with Gasteiger partial charge in [0.1, 0.15) is 5.75 Å². The van der Waals surface area contributed by atoms with Gasteiger partial charge in [0, 0.05) is 80.0 Å². The Balaban J connectivity index is 0.989. The van der Waals surface area contributed by atoms with Crippen molar-refractivity contribution in [1.82, 2.24) is 35.4 Å². The maximum absolute atomic E-state index is 10.4. The molecule has 0 unspecified atom stereocenters. The number of hydrogen-bond donors (Lipinski definition) is 3. The van der Waals surface area contributed by atoms with Crippen LogP contribution in [0.25, 0.3) is 22.3 Å². The lowest BCUT2D eigenvalue weighted by atomic mass is 9.61. The number of aromatic amines is 1. The summed E-state index contributed by atoms with van der Waals surface area (Å²) in [7, 11) is 0. The molecule has 0 bridgehead atoms. The van der Waals surface area contributed by atoms with E-state index < -0.39 is 0 Å². The Bertz CT molecular complexity index is 1590. The molecule has 1 aromatic carbocycles. The number of anilines is 2. The van der Waals surface area contributed by atoms with Crippen molar-refractivity contribution in [3.8, 4) is 17.0 Å². The van der Waals surface area contributed by atoms with E-state index in [4.69, 9.17) is 9.97 Å². The lowest BCUT2D eigenvalue weighted by Crippen LogP contribution is -2.68. The Morgan fingerprint density at radius 2 is 1.80 bits per heavy atom. The number of phenolic OH excluding ortho intramolecular Hbond substituents is 1. The molecule has 2 saturated heterocycles. The Morgan fingerprint density at radius 1 is 1.00 bits per heavy atom. The molecule has 3 aliphatic heterocycles. The summed E-state index contributed by atoms with van der Waals surface area (Å²) in [6, 6.07) is 10.6. The molecule has 6 heterocycles. The van der Waals surface area contributed by atoms with Gasteiger partial charge < -0.3 is 25.2 Å². The third-order valence-electron chi connectivity index (χ3n) is 10.1. The van der Waals surface area contributed by atoms with Crippen molar-refractivity contribution in [1.29, 1.82) is 0 Å². The average molecular weight is 552 g/mol. The SMILES string of the molecule is C[C@@H]1c2c([nH]c3nnc(-c4ccccc4O)cc23)CCN1c1ncc(N2CCN(C3CC4(CNC4)C3)[C@H](C)C2)cn1. The van der Waals surface area contributed by atoms with E-state index in [-0.39, 0.29) is 11.8 Å². The van der Waals surface area contributed by atoms with Gasteiger partial charge in [-0.2, -0.15) is 0 Å². The van der Waals surface area contributed by atoms with Crippen LogP contribution in [0.4, 0.5) is 11.6 Å². The number of phenols is 1. The van der Waals surface area contributed by atoms with E-state index in [1.54, 1.807) is 6.07 Å². The fraction of sp³-hybridized carbons (Fsp3) is 0.484. The zero-order valence-electron chi connectivity index (χ0n) is 23.7. The van der Waals surface area contributed by atoms with Crippen molar-refractivity contribution < 1.29 is 5.11 Å². The van der Waals surface area contributed by atoms with Crippen LogP contribution in [0.1, 0.15) is 44.0 Å². The summed E-state index contributed by atoms with van der Waals surface area (Å²) in [5, 5.41) is 23.7. The average Bonchev–Trinajstić information content (AvgIpc) is 3.32. The number of nitrogens with zero attached hydrogens (tertiary/aromatic N) is 7. The van der Waals surface area contributed by atoms with E-state index >= 15 is 0 Å². The van der Waals surface area contributed by atoms with Crippen molar-refractivity contribution in [2.24, 2.45) is 5.41 Å². The van der Waals surface area contributed by atoms with Crippen molar-refractivity contribution in [2.45, 2.75) is 51.2 Å². The minimum absolute atomic E-state index is 0.0694. The van der Waals surface area contributed by atoms with Crippen molar-refractivity contribution in [3.05, 3.63) is 54.0 Å². The molecular weight excluding hydrogens is 514 g/mol. The Morgan fingerprint density at radius 3 is 2.54 bits per heavy atom. The number of nitrogens with one attached hydrogen (secondary N) is 2. The monoisotopic (exact) mass is 551 g/mol.